The number of aromatic nitrogens is 1. The van der Waals surface area contributed by atoms with E-state index in [9.17, 15) is 29.0 Å². The van der Waals surface area contributed by atoms with Crippen molar-refractivity contribution in [3.05, 3.63) is 50.4 Å². The summed E-state index contributed by atoms with van der Waals surface area (Å²) in [5.41, 5.74) is -2.23. The van der Waals surface area contributed by atoms with E-state index in [1.807, 2.05) is 0 Å². The first-order valence-corrected chi connectivity index (χ1v) is 9.86. The molecule has 3 heterocycles. The van der Waals surface area contributed by atoms with E-state index in [1.165, 1.54) is 20.0 Å². The maximum atomic E-state index is 13.4. The molecule has 10 heteroatoms. The molecule has 3 aliphatic rings. The second-order valence-electron chi connectivity index (χ2n) is 8.03. The Balaban J connectivity index is 1.94. The van der Waals surface area contributed by atoms with Gasteiger partial charge in [-0.3, -0.25) is 19.1 Å². The smallest absolute Gasteiger partial charge is 0.349 e. The highest BCUT2D eigenvalue weighted by Crippen LogP contribution is 2.32. The van der Waals surface area contributed by atoms with Crippen LogP contribution in [0.15, 0.2) is 33.6 Å². The number of aliphatic carboxylic acids is 1. The Kier molecular flexibility index (Phi) is 4.95. The van der Waals surface area contributed by atoms with E-state index in [0.717, 1.165) is 10.1 Å². The van der Waals surface area contributed by atoms with Gasteiger partial charge in [-0.25, -0.2) is 9.18 Å². The van der Waals surface area contributed by atoms with Gasteiger partial charge in [0.05, 0.1) is 13.1 Å². The summed E-state index contributed by atoms with van der Waals surface area (Å²) in [5.74, 6) is -2.84. The van der Waals surface area contributed by atoms with Gasteiger partial charge in [0.1, 0.15) is 28.2 Å². The van der Waals surface area contributed by atoms with Gasteiger partial charge in [0, 0.05) is 19.4 Å². The van der Waals surface area contributed by atoms with Crippen molar-refractivity contribution in [2.24, 2.45) is 10.9 Å². The number of hydrogen-bond donors (Lipinski definition) is 3. The number of nitrogens with zero attached hydrogens (tertiary/aromatic N) is 2. The molecule has 164 valence electrons. The van der Waals surface area contributed by atoms with Gasteiger partial charge in [0.2, 0.25) is 5.60 Å². The van der Waals surface area contributed by atoms with E-state index in [-0.39, 0.29) is 36.0 Å². The van der Waals surface area contributed by atoms with E-state index in [1.54, 1.807) is 12.2 Å². The molecule has 1 amide bonds. The van der Waals surface area contributed by atoms with Crippen LogP contribution in [0.2, 0.25) is 0 Å². The summed E-state index contributed by atoms with van der Waals surface area (Å²) in [6, 6.07) is 0. The second-order valence-corrected chi connectivity index (χ2v) is 8.03. The van der Waals surface area contributed by atoms with Crippen molar-refractivity contribution in [3.8, 4) is 5.75 Å². The van der Waals surface area contributed by atoms with Crippen molar-refractivity contribution in [2.45, 2.75) is 38.1 Å². The molecular formula is C21H22FN3O6. The lowest BCUT2D eigenvalue weighted by Gasteiger charge is -2.37. The molecule has 0 saturated heterocycles. The number of carboxylic acids is 1. The average Bonchev–Trinajstić information content (AvgIpc) is 2.74. The lowest BCUT2D eigenvalue weighted by Crippen LogP contribution is -2.60. The number of ether oxygens (including phenoxy) is 1. The van der Waals surface area contributed by atoms with Crippen LogP contribution in [0.25, 0.3) is 5.76 Å². The molecule has 0 saturated carbocycles. The molecule has 1 aromatic heterocycles. The molecule has 3 unspecified atom stereocenters. The number of pyridine rings is 1. The van der Waals surface area contributed by atoms with Crippen LogP contribution in [-0.4, -0.2) is 52.0 Å². The molecule has 31 heavy (non-hydrogen) atoms. The van der Waals surface area contributed by atoms with Gasteiger partial charge in [-0.15, -0.1) is 0 Å². The quantitative estimate of drug-likeness (QED) is 0.603. The van der Waals surface area contributed by atoms with Crippen LogP contribution in [0.4, 0.5) is 4.39 Å². The molecule has 0 fully saturated rings. The summed E-state index contributed by atoms with van der Waals surface area (Å²) < 4.78 is 20.5. The molecule has 1 aromatic rings. The maximum Gasteiger partial charge on any atom is 0.349 e. The summed E-state index contributed by atoms with van der Waals surface area (Å²) in [7, 11) is 1.32. The number of carbonyl (C=O) groups is 2. The highest BCUT2D eigenvalue weighted by atomic mass is 19.1. The number of aromatic hydroxyl groups is 1. The Morgan fingerprint density at radius 1 is 1.45 bits per heavy atom. The highest BCUT2D eigenvalue weighted by molar-refractivity contribution is 5.96. The van der Waals surface area contributed by atoms with Crippen LogP contribution in [0.5, 0.6) is 5.75 Å². The van der Waals surface area contributed by atoms with Gasteiger partial charge < -0.3 is 20.3 Å². The fourth-order valence-electron chi connectivity index (χ4n) is 4.11. The zero-order valence-corrected chi connectivity index (χ0v) is 17.0. The lowest BCUT2D eigenvalue weighted by molar-refractivity contribution is -0.159. The number of rotatable bonds is 4. The van der Waals surface area contributed by atoms with Crippen LogP contribution in [-0.2, 0) is 16.1 Å². The van der Waals surface area contributed by atoms with Crippen LogP contribution in [0, 0.1) is 5.92 Å². The van der Waals surface area contributed by atoms with Crippen molar-refractivity contribution >= 4 is 17.6 Å². The van der Waals surface area contributed by atoms with E-state index in [0.29, 0.717) is 6.42 Å². The number of carboxylic acid groups (broad SMARTS) is 1. The number of carbonyl (C=O) groups excluding carboxylic acids is 1. The highest BCUT2D eigenvalue weighted by Gasteiger charge is 2.44. The van der Waals surface area contributed by atoms with Gasteiger partial charge >= 0.3 is 5.97 Å². The molecule has 3 N–H and O–H groups in total. The third-order valence-corrected chi connectivity index (χ3v) is 5.80. The van der Waals surface area contributed by atoms with E-state index >= 15 is 0 Å². The predicted octanol–water partition coefficient (Wildman–Crippen LogP) is -0.241. The minimum atomic E-state index is -1.75. The van der Waals surface area contributed by atoms with Crippen molar-refractivity contribution in [2.75, 3.05) is 13.6 Å². The number of alkyl halides is 1. The summed E-state index contributed by atoms with van der Waals surface area (Å²) in [4.78, 5) is 41.7. The van der Waals surface area contributed by atoms with E-state index in [2.05, 4.69) is 10.3 Å². The molecule has 3 atom stereocenters. The van der Waals surface area contributed by atoms with Crippen molar-refractivity contribution in [3.63, 3.8) is 0 Å². The van der Waals surface area contributed by atoms with Crippen LogP contribution in [0.1, 0.15) is 30.1 Å². The monoisotopic (exact) mass is 431 g/mol. The van der Waals surface area contributed by atoms with E-state index < -0.39 is 46.4 Å². The molecule has 0 radical (unpaired) electrons. The molecule has 0 spiro atoms. The Morgan fingerprint density at radius 3 is 2.81 bits per heavy atom. The van der Waals surface area contributed by atoms with Crippen LogP contribution >= 0.6 is 0 Å². The molecule has 0 bridgehead atoms. The zero-order chi connectivity index (χ0) is 22.5. The third-order valence-electron chi connectivity index (χ3n) is 5.80. The predicted molar refractivity (Wildman–Crippen MR) is 107 cm³/mol. The number of amides is 1. The number of hydrogen-bond acceptors (Lipinski definition) is 6. The molecule has 2 aliphatic heterocycles. The Bertz CT molecular complexity index is 1230. The first-order chi connectivity index (χ1) is 14.7. The second kappa shape index (κ2) is 7.36. The largest absolute Gasteiger partial charge is 0.505 e. The topological polar surface area (TPSA) is 130 Å². The molecule has 1 aliphatic carbocycles. The fraction of sp³-hybridized carbons (Fsp3) is 0.429. The minimum absolute atomic E-state index is 0.0221. The molecular weight excluding hydrogens is 409 g/mol. The maximum absolute atomic E-state index is 13.4. The van der Waals surface area contributed by atoms with Gasteiger partial charge in [0.25, 0.3) is 11.5 Å². The Labute approximate surface area is 175 Å². The van der Waals surface area contributed by atoms with Gasteiger partial charge in [-0.2, -0.15) is 0 Å². The Morgan fingerprint density at radius 2 is 2.19 bits per heavy atom. The first kappa shape index (κ1) is 20.8. The first-order valence-electron chi connectivity index (χ1n) is 9.86. The van der Waals surface area contributed by atoms with Crippen molar-refractivity contribution in [1.29, 1.82) is 0 Å². The third kappa shape index (κ3) is 3.31. The molecule has 4 rings (SSSR count). The van der Waals surface area contributed by atoms with Crippen molar-refractivity contribution < 1.29 is 28.9 Å². The van der Waals surface area contributed by atoms with E-state index in [4.69, 9.17) is 4.74 Å². The average molecular weight is 431 g/mol. The number of halogens is 1. The normalized spacial score (nSPS) is 26.3. The van der Waals surface area contributed by atoms with Crippen molar-refractivity contribution in [1.82, 2.24) is 9.88 Å². The fourth-order valence-corrected chi connectivity index (χ4v) is 4.11. The van der Waals surface area contributed by atoms with Gasteiger partial charge in [0.15, 0.2) is 5.75 Å². The number of allylic oxidation sites excluding steroid dienone is 4. The van der Waals surface area contributed by atoms with Crippen LogP contribution < -0.4 is 21.6 Å². The van der Waals surface area contributed by atoms with Gasteiger partial charge in [-0.1, -0.05) is 23.8 Å². The summed E-state index contributed by atoms with van der Waals surface area (Å²) in [6.07, 6.45) is 4.48. The van der Waals surface area contributed by atoms with Gasteiger partial charge in [-0.05, 0) is 13.3 Å². The summed E-state index contributed by atoms with van der Waals surface area (Å²) in [6.45, 7) is 1.13. The number of nitrogens with one attached hydrogen (secondary N) is 1. The van der Waals surface area contributed by atoms with Crippen LogP contribution in [0.3, 0.4) is 0 Å². The SMILES string of the molecule is CNC(=O)c1c(O)c2c3n(c1=O)CC(C)(C(=O)O)OC=3C(CC1=CCC(F)C=C1)CN=2. The zero-order valence-electron chi connectivity index (χ0n) is 17.0. The summed E-state index contributed by atoms with van der Waals surface area (Å²) in [5, 5.41) is 22.9. The molecule has 0 aromatic carbocycles. The standard InChI is InChI=1S/C21H22FN3O6/c1-21(20(29)30)9-25-15-14(16(26)13(19(25)28)18(27)23-2)24-8-11(17(15)31-21)7-10-3-5-12(22)6-4-10/h3-5,11-12,26H,6-9H2,1-2H3,(H,23,27)(H,29,30). The lowest BCUT2D eigenvalue weighted by atomic mass is 9.90. The minimum Gasteiger partial charge on any atom is -0.505 e. The Hall–Kier alpha value is -3.43. The molecule has 9 nitrogen and oxygen atoms in total. The summed E-state index contributed by atoms with van der Waals surface area (Å²) >= 11 is 0.